The standard InChI is InChI=1S/C34H55ClN8O3/c35-25(44)15-13-22-24(23(14-15)34(45)46)33-42-31-21-12-6-5-11-20(21)29(40-31)38-27-17-8-2-1-7-16(17)26(36-27)37-28-18-9-3-4-10-19(18)30(39-28)41-32(22)43-33/h15-24,26-33,36-43H,1-14H2,(H,45,46). The van der Waals surface area contributed by atoms with Gasteiger partial charge in [-0.2, -0.15) is 0 Å². The summed E-state index contributed by atoms with van der Waals surface area (Å²) in [6.07, 6.45) is 17.0. The van der Waals surface area contributed by atoms with E-state index in [9.17, 15) is 14.7 Å². The summed E-state index contributed by atoms with van der Waals surface area (Å²) in [7, 11) is 0. The smallest absolute Gasteiger partial charge is 0.306 e. The average Bonchev–Trinajstić information content (AvgIpc) is 3.80. The van der Waals surface area contributed by atoms with Gasteiger partial charge in [0.1, 0.15) is 0 Å². The molecule has 18 atom stereocenters. The number of aliphatic carboxylic acids is 1. The molecule has 18 unspecified atom stereocenters. The quantitative estimate of drug-likeness (QED) is 0.200. The molecule has 0 spiro atoms. The van der Waals surface area contributed by atoms with E-state index in [2.05, 4.69) is 42.5 Å². The van der Waals surface area contributed by atoms with E-state index in [4.69, 9.17) is 11.6 Å². The van der Waals surface area contributed by atoms with Gasteiger partial charge in [0.2, 0.25) is 5.24 Å². The molecule has 11 nitrogen and oxygen atoms in total. The Morgan fingerprint density at radius 2 is 0.761 bits per heavy atom. The highest BCUT2D eigenvalue weighted by atomic mass is 35.5. The molecule has 5 heterocycles. The van der Waals surface area contributed by atoms with Crippen molar-refractivity contribution >= 4 is 22.8 Å². The van der Waals surface area contributed by atoms with Gasteiger partial charge in [0.05, 0.1) is 55.2 Å². The number of carbonyl (C=O) groups is 2. The lowest BCUT2D eigenvalue weighted by Gasteiger charge is -2.40. The third kappa shape index (κ3) is 5.30. The zero-order valence-corrected chi connectivity index (χ0v) is 27.7. The van der Waals surface area contributed by atoms with Gasteiger partial charge in [-0.15, -0.1) is 0 Å². The fourth-order valence-corrected chi connectivity index (χ4v) is 12.7. The first-order chi connectivity index (χ1) is 22.4. The molecule has 256 valence electrons. The highest BCUT2D eigenvalue weighted by molar-refractivity contribution is 6.64. The van der Waals surface area contributed by atoms with Gasteiger partial charge in [0.25, 0.3) is 0 Å². The second-order valence-corrected chi connectivity index (χ2v) is 17.0. The van der Waals surface area contributed by atoms with Crippen LogP contribution < -0.4 is 42.5 Å². The molecule has 0 radical (unpaired) electrons. The first kappa shape index (κ1) is 31.1. The number of hydrogen-bond donors (Lipinski definition) is 9. The number of carboxylic acid groups (broad SMARTS) is 1. The predicted octanol–water partition coefficient (Wildman–Crippen LogP) is 1.91. The van der Waals surface area contributed by atoms with Crippen LogP contribution in [-0.2, 0) is 9.59 Å². The van der Waals surface area contributed by atoms with Crippen molar-refractivity contribution in [3.63, 3.8) is 0 Å². The van der Waals surface area contributed by atoms with Crippen LogP contribution in [0.3, 0.4) is 0 Å². The molecule has 8 bridgehead atoms. The van der Waals surface area contributed by atoms with E-state index in [-0.39, 0.29) is 61.2 Å². The molecular formula is C34H55ClN8O3. The highest BCUT2D eigenvalue weighted by Gasteiger charge is 2.57. The molecule has 4 saturated carbocycles. The van der Waals surface area contributed by atoms with Crippen LogP contribution in [0.25, 0.3) is 0 Å². The SMILES string of the molecule is O=C(Cl)C1CC(C(=O)O)C2C3NC4NC(NC5NC(NC6NC(NC(N3)C2C1)C1CCCCC61)C1CCCCC51)C1CCCCC41. The van der Waals surface area contributed by atoms with Crippen molar-refractivity contribution in [3.05, 3.63) is 0 Å². The Balaban J connectivity index is 1.08. The first-order valence-electron chi connectivity index (χ1n) is 18.9. The molecule has 9 N–H and O–H groups in total. The Labute approximate surface area is 278 Å². The van der Waals surface area contributed by atoms with Crippen LogP contribution in [0.15, 0.2) is 0 Å². The Kier molecular flexibility index (Phi) is 8.43. The van der Waals surface area contributed by atoms with Crippen LogP contribution in [0.5, 0.6) is 0 Å². The van der Waals surface area contributed by atoms with Gasteiger partial charge >= 0.3 is 5.97 Å². The fraction of sp³-hybridized carbons (Fsp3) is 0.941. The summed E-state index contributed by atoms with van der Waals surface area (Å²) in [6.45, 7) is 0. The van der Waals surface area contributed by atoms with Crippen molar-refractivity contribution in [2.45, 2.75) is 139 Å². The number of nitrogens with one attached hydrogen (secondary N) is 8. The van der Waals surface area contributed by atoms with Crippen molar-refractivity contribution in [3.8, 4) is 0 Å². The summed E-state index contributed by atoms with van der Waals surface area (Å²) < 4.78 is 0. The number of fused-ring (bicyclic) bond motifs is 20. The Morgan fingerprint density at radius 3 is 1.07 bits per heavy atom. The number of hydrogen-bond acceptors (Lipinski definition) is 10. The average molecular weight is 659 g/mol. The molecule has 9 rings (SSSR count). The third-order valence-electron chi connectivity index (χ3n) is 14.6. The summed E-state index contributed by atoms with van der Waals surface area (Å²) in [4.78, 5) is 25.4. The normalized spacial score (nSPS) is 54.7. The second kappa shape index (κ2) is 12.5. The van der Waals surface area contributed by atoms with Gasteiger partial charge in [-0.05, 0) is 104 Å². The van der Waals surface area contributed by atoms with E-state index < -0.39 is 23.0 Å². The minimum Gasteiger partial charge on any atom is -0.481 e. The maximum Gasteiger partial charge on any atom is 0.306 e. The van der Waals surface area contributed by atoms with Crippen LogP contribution in [-0.4, -0.2) is 65.6 Å². The molecule has 5 saturated heterocycles. The van der Waals surface area contributed by atoms with Gasteiger partial charge in [0.15, 0.2) is 0 Å². The molecule has 0 aromatic rings. The Morgan fingerprint density at radius 1 is 0.457 bits per heavy atom. The van der Waals surface area contributed by atoms with E-state index in [0.29, 0.717) is 48.3 Å². The van der Waals surface area contributed by atoms with Crippen molar-refractivity contribution in [1.29, 1.82) is 0 Å². The minimum atomic E-state index is -0.813. The van der Waals surface area contributed by atoms with E-state index in [1.165, 1.54) is 77.0 Å². The zero-order valence-electron chi connectivity index (χ0n) is 26.9. The lowest BCUT2D eigenvalue weighted by molar-refractivity contribution is -0.147. The van der Waals surface area contributed by atoms with Gasteiger partial charge in [0, 0.05) is 11.8 Å². The van der Waals surface area contributed by atoms with E-state index in [1.54, 1.807) is 0 Å². The van der Waals surface area contributed by atoms with Crippen LogP contribution in [0.4, 0.5) is 0 Å². The topological polar surface area (TPSA) is 151 Å². The summed E-state index contributed by atoms with van der Waals surface area (Å²) in [5.41, 5.74) is 0. The molecule has 9 aliphatic rings. The van der Waals surface area contributed by atoms with Crippen molar-refractivity contribution < 1.29 is 14.7 Å². The molecule has 9 fully saturated rings. The van der Waals surface area contributed by atoms with Crippen LogP contribution in [0.1, 0.15) is 89.9 Å². The predicted molar refractivity (Wildman–Crippen MR) is 173 cm³/mol. The van der Waals surface area contributed by atoms with Crippen molar-refractivity contribution in [2.24, 2.45) is 59.2 Å². The maximum atomic E-state index is 12.8. The monoisotopic (exact) mass is 658 g/mol. The largest absolute Gasteiger partial charge is 0.481 e. The lowest BCUT2D eigenvalue weighted by atomic mass is 9.67. The van der Waals surface area contributed by atoms with Gasteiger partial charge in [-0.25, -0.2) is 0 Å². The van der Waals surface area contributed by atoms with Crippen LogP contribution >= 0.6 is 11.6 Å². The number of carbonyl (C=O) groups excluding carboxylic acids is 1. The fourth-order valence-electron chi connectivity index (χ4n) is 12.6. The Bertz CT molecular complexity index is 1180. The molecule has 0 aromatic heterocycles. The minimum absolute atomic E-state index is 0.00950. The number of carboxylic acids is 1. The lowest BCUT2D eigenvalue weighted by Crippen LogP contribution is -2.62. The first-order valence-corrected chi connectivity index (χ1v) is 19.3. The Hall–Kier alpha value is -0.890. The molecule has 5 aliphatic heterocycles. The third-order valence-corrected chi connectivity index (χ3v) is 14.9. The van der Waals surface area contributed by atoms with Crippen molar-refractivity contribution in [2.75, 3.05) is 0 Å². The summed E-state index contributed by atoms with van der Waals surface area (Å²) in [5, 5.41) is 42.6. The zero-order chi connectivity index (χ0) is 31.1. The van der Waals surface area contributed by atoms with E-state index >= 15 is 0 Å². The molecular weight excluding hydrogens is 604 g/mol. The molecule has 46 heavy (non-hydrogen) atoms. The molecule has 12 heteroatoms. The van der Waals surface area contributed by atoms with Crippen molar-refractivity contribution in [1.82, 2.24) is 42.5 Å². The summed E-state index contributed by atoms with van der Waals surface area (Å²) in [6, 6.07) is 0. The van der Waals surface area contributed by atoms with E-state index in [0.717, 1.165) is 0 Å². The molecule has 4 aliphatic carbocycles. The molecule has 0 aromatic carbocycles. The highest BCUT2D eigenvalue weighted by Crippen LogP contribution is 2.48. The van der Waals surface area contributed by atoms with Crippen LogP contribution in [0.2, 0.25) is 0 Å². The van der Waals surface area contributed by atoms with E-state index in [1.807, 2.05) is 0 Å². The van der Waals surface area contributed by atoms with Gasteiger partial charge < -0.3 is 5.11 Å². The second-order valence-electron chi connectivity index (χ2n) is 16.6. The summed E-state index contributed by atoms with van der Waals surface area (Å²) in [5.74, 6) is 1.36. The number of halogens is 1. The van der Waals surface area contributed by atoms with Gasteiger partial charge in [-0.3, -0.25) is 52.1 Å². The van der Waals surface area contributed by atoms with Gasteiger partial charge in [-0.1, -0.05) is 38.5 Å². The molecule has 0 amide bonds. The van der Waals surface area contributed by atoms with Crippen LogP contribution in [0, 0.1) is 59.2 Å². The summed E-state index contributed by atoms with van der Waals surface area (Å²) >= 11 is 6.12. The number of rotatable bonds is 2. The maximum absolute atomic E-state index is 12.8.